The molecule has 0 unspecified atom stereocenters. The molecule has 11 heteroatoms. The van der Waals surface area contributed by atoms with Crippen molar-refractivity contribution < 1.29 is 34.1 Å². The summed E-state index contributed by atoms with van der Waals surface area (Å²) in [5, 5.41) is 22.1. The fourth-order valence-corrected chi connectivity index (χ4v) is 7.82. The SMILES string of the molecule is O=C(O)CC[C@H](NC(=O)[C@H](Cc1cnc[nH]1)N(C(=O)OCC1c2ccccc2-c2ccccc21)C(c1ccccc1)(c1ccccc1)c1ccccc1)C(=O)O. The van der Waals surface area contributed by atoms with Gasteiger partial charge in [0, 0.05) is 30.7 Å². The van der Waals surface area contributed by atoms with E-state index in [4.69, 9.17) is 4.74 Å². The molecular formula is C45H40N4O7. The fourth-order valence-electron chi connectivity index (χ4n) is 7.82. The molecule has 1 aromatic heterocycles. The van der Waals surface area contributed by atoms with Crippen molar-refractivity contribution in [1.29, 1.82) is 0 Å². The molecule has 0 saturated heterocycles. The normalized spacial score (nSPS) is 13.1. The molecule has 1 heterocycles. The van der Waals surface area contributed by atoms with Gasteiger partial charge in [0.15, 0.2) is 0 Å². The van der Waals surface area contributed by atoms with E-state index in [-0.39, 0.29) is 25.4 Å². The largest absolute Gasteiger partial charge is 0.481 e. The average molecular weight is 749 g/mol. The summed E-state index contributed by atoms with van der Waals surface area (Å²) < 4.78 is 6.44. The summed E-state index contributed by atoms with van der Waals surface area (Å²) in [7, 11) is 0. The van der Waals surface area contributed by atoms with E-state index in [1.807, 2.05) is 140 Å². The fraction of sp³-hybridized carbons (Fsp3) is 0.178. The first-order valence-electron chi connectivity index (χ1n) is 18.3. The Morgan fingerprint density at radius 3 is 1.70 bits per heavy atom. The highest BCUT2D eigenvalue weighted by molar-refractivity contribution is 5.91. The van der Waals surface area contributed by atoms with Crippen molar-refractivity contribution >= 4 is 23.9 Å². The van der Waals surface area contributed by atoms with Gasteiger partial charge < -0.3 is 25.3 Å². The van der Waals surface area contributed by atoms with Crippen LogP contribution in [0.5, 0.6) is 0 Å². The second-order valence-electron chi connectivity index (χ2n) is 13.6. The molecule has 5 aromatic carbocycles. The molecule has 0 fully saturated rings. The quantitative estimate of drug-likeness (QED) is 0.0817. The maximum atomic E-state index is 15.5. The number of hydrogen-bond acceptors (Lipinski definition) is 6. The van der Waals surface area contributed by atoms with Gasteiger partial charge in [0.2, 0.25) is 5.91 Å². The summed E-state index contributed by atoms with van der Waals surface area (Å²) in [6, 6.07) is 40.9. The summed E-state index contributed by atoms with van der Waals surface area (Å²) >= 11 is 0. The second kappa shape index (κ2) is 16.6. The van der Waals surface area contributed by atoms with Crippen LogP contribution >= 0.6 is 0 Å². The predicted molar refractivity (Wildman–Crippen MR) is 209 cm³/mol. The van der Waals surface area contributed by atoms with E-state index in [2.05, 4.69) is 15.3 Å². The van der Waals surface area contributed by atoms with Gasteiger partial charge in [-0.2, -0.15) is 0 Å². The van der Waals surface area contributed by atoms with Gasteiger partial charge in [-0.15, -0.1) is 0 Å². The van der Waals surface area contributed by atoms with Crippen molar-refractivity contribution in [3.63, 3.8) is 0 Å². The third-order valence-corrected chi connectivity index (χ3v) is 10.3. The Labute approximate surface area is 323 Å². The number of nitrogens with zero attached hydrogens (tertiary/aromatic N) is 2. The molecular weight excluding hydrogens is 709 g/mol. The third-order valence-electron chi connectivity index (χ3n) is 10.3. The lowest BCUT2D eigenvalue weighted by molar-refractivity contribution is -0.144. The zero-order chi connectivity index (χ0) is 39.1. The number of carbonyl (C=O) groups is 4. The van der Waals surface area contributed by atoms with Crippen LogP contribution in [0.4, 0.5) is 4.79 Å². The van der Waals surface area contributed by atoms with Crippen LogP contribution in [0.1, 0.15) is 52.3 Å². The van der Waals surface area contributed by atoms with E-state index in [0.29, 0.717) is 22.4 Å². The molecule has 2 atom stereocenters. The predicted octanol–water partition coefficient (Wildman–Crippen LogP) is 7.00. The number of nitrogens with one attached hydrogen (secondary N) is 2. The summed E-state index contributed by atoms with van der Waals surface area (Å²) in [5.41, 5.74) is 4.95. The molecule has 0 aliphatic heterocycles. The third kappa shape index (κ3) is 7.39. The molecule has 7 rings (SSSR count). The smallest absolute Gasteiger partial charge is 0.411 e. The van der Waals surface area contributed by atoms with E-state index >= 15 is 4.79 Å². The number of carboxylic acid groups (broad SMARTS) is 2. The molecule has 4 N–H and O–H groups in total. The molecule has 0 bridgehead atoms. The first kappa shape index (κ1) is 37.3. The average Bonchev–Trinajstić information content (AvgIpc) is 3.86. The molecule has 0 radical (unpaired) electrons. The lowest BCUT2D eigenvalue weighted by atomic mass is 9.74. The Bertz CT molecular complexity index is 2160. The number of imidazole rings is 1. The summed E-state index contributed by atoms with van der Waals surface area (Å²) in [5.74, 6) is -3.75. The van der Waals surface area contributed by atoms with Crippen LogP contribution < -0.4 is 5.32 Å². The molecule has 1 aliphatic carbocycles. The highest BCUT2D eigenvalue weighted by atomic mass is 16.6. The Kier molecular flexibility index (Phi) is 11.0. The van der Waals surface area contributed by atoms with Crippen molar-refractivity contribution in [1.82, 2.24) is 20.2 Å². The van der Waals surface area contributed by atoms with Gasteiger partial charge >= 0.3 is 18.0 Å². The van der Waals surface area contributed by atoms with E-state index < -0.39 is 48.0 Å². The Hall–Kier alpha value is -7.01. The van der Waals surface area contributed by atoms with Gasteiger partial charge in [0.25, 0.3) is 0 Å². The minimum atomic E-state index is -1.56. The lowest BCUT2D eigenvalue weighted by Gasteiger charge is -2.48. The number of ether oxygens (including phenoxy) is 1. The van der Waals surface area contributed by atoms with Crippen LogP contribution in [0.15, 0.2) is 152 Å². The van der Waals surface area contributed by atoms with Crippen LogP contribution in [0.2, 0.25) is 0 Å². The van der Waals surface area contributed by atoms with Crippen LogP contribution in [0, 0.1) is 0 Å². The minimum absolute atomic E-state index is 0.0629. The number of fused-ring (bicyclic) bond motifs is 3. The Balaban J connectivity index is 1.42. The number of amides is 2. The van der Waals surface area contributed by atoms with Gasteiger partial charge in [-0.3, -0.25) is 14.5 Å². The number of carboxylic acids is 2. The number of benzene rings is 5. The Morgan fingerprint density at radius 1 is 0.732 bits per heavy atom. The maximum Gasteiger partial charge on any atom is 0.411 e. The molecule has 2 amide bonds. The van der Waals surface area contributed by atoms with E-state index in [9.17, 15) is 24.6 Å². The minimum Gasteiger partial charge on any atom is -0.481 e. The van der Waals surface area contributed by atoms with Crippen LogP contribution in [-0.2, 0) is 31.1 Å². The van der Waals surface area contributed by atoms with Crippen molar-refractivity contribution in [2.45, 2.75) is 42.8 Å². The number of carbonyl (C=O) groups excluding carboxylic acids is 2. The van der Waals surface area contributed by atoms with Crippen molar-refractivity contribution in [3.8, 4) is 11.1 Å². The van der Waals surface area contributed by atoms with Crippen LogP contribution in [0.25, 0.3) is 11.1 Å². The van der Waals surface area contributed by atoms with Gasteiger partial charge in [-0.25, -0.2) is 14.6 Å². The molecule has 56 heavy (non-hydrogen) atoms. The zero-order valence-corrected chi connectivity index (χ0v) is 30.3. The van der Waals surface area contributed by atoms with Crippen molar-refractivity contribution in [2.24, 2.45) is 0 Å². The van der Waals surface area contributed by atoms with Gasteiger partial charge in [-0.1, -0.05) is 140 Å². The molecule has 0 spiro atoms. The number of aromatic nitrogens is 2. The van der Waals surface area contributed by atoms with Crippen LogP contribution in [0.3, 0.4) is 0 Å². The number of aliphatic carboxylic acids is 2. The van der Waals surface area contributed by atoms with Crippen LogP contribution in [-0.4, -0.2) is 67.7 Å². The van der Waals surface area contributed by atoms with Crippen molar-refractivity contribution in [3.05, 3.63) is 186 Å². The van der Waals surface area contributed by atoms with E-state index in [1.165, 1.54) is 17.4 Å². The van der Waals surface area contributed by atoms with Gasteiger partial charge in [0.1, 0.15) is 24.2 Å². The number of H-pyrrole nitrogens is 1. The zero-order valence-electron chi connectivity index (χ0n) is 30.3. The highest BCUT2D eigenvalue weighted by Crippen LogP contribution is 2.47. The summed E-state index contributed by atoms with van der Waals surface area (Å²) in [6.07, 6.45) is 1.15. The van der Waals surface area contributed by atoms with Gasteiger partial charge in [-0.05, 0) is 45.4 Å². The van der Waals surface area contributed by atoms with E-state index in [0.717, 1.165) is 22.3 Å². The lowest BCUT2D eigenvalue weighted by Crippen LogP contribution is -2.62. The maximum absolute atomic E-state index is 15.5. The molecule has 0 saturated carbocycles. The molecule has 282 valence electrons. The highest BCUT2D eigenvalue weighted by Gasteiger charge is 2.51. The topological polar surface area (TPSA) is 162 Å². The van der Waals surface area contributed by atoms with E-state index in [1.54, 1.807) is 0 Å². The monoisotopic (exact) mass is 748 g/mol. The summed E-state index contributed by atoms with van der Waals surface area (Å²) in [4.78, 5) is 63.0. The number of hydrogen-bond donors (Lipinski definition) is 4. The molecule has 1 aliphatic rings. The number of aromatic amines is 1. The first-order chi connectivity index (χ1) is 27.3. The molecule has 6 aromatic rings. The first-order valence-corrected chi connectivity index (χ1v) is 18.3. The standard InChI is InChI=1S/C45H40N4O7/c50-41(51)25-24-39(43(53)54)48-42(52)40(26-33-27-46-29-47-33)49(44(55)56-28-38-36-22-12-10-20-34(36)35-21-11-13-23-37(35)38)45(30-14-4-1-5-15-30,31-16-6-2-7-17-31)32-18-8-3-9-19-32/h1-23,27,29,38-40H,24-26,28H2,(H,46,47)(H,48,52)(H,50,51)(H,53,54)/t39-,40-/m0/s1. The second-order valence-corrected chi connectivity index (χ2v) is 13.6. The number of rotatable bonds is 15. The Morgan fingerprint density at radius 2 is 1.23 bits per heavy atom. The summed E-state index contributed by atoms with van der Waals surface area (Å²) in [6.45, 7) is -0.0629. The van der Waals surface area contributed by atoms with Gasteiger partial charge in [0.05, 0.1) is 6.33 Å². The molecule has 11 nitrogen and oxygen atoms in total. The van der Waals surface area contributed by atoms with Crippen molar-refractivity contribution in [2.75, 3.05) is 6.61 Å².